The minimum Gasteiger partial charge on any atom is -0.496 e. The van der Waals surface area contributed by atoms with E-state index in [9.17, 15) is 0 Å². The second kappa shape index (κ2) is 6.39. The van der Waals surface area contributed by atoms with Crippen molar-refractivity contribution in [3.8, 4) is 5.75 Å². The number of rotatable bonds is 5. The number of benzene rings is 2. The SMILES string of the molecule is COc1ccc(C)cc1CNCc1ccc(C)cc1. The fraction of sp³-hybridized carbons (Fsp3) is 0.294. The molecule has 0 saturated heterocycles. The number of methoxy groups -OCH3 is 1. The first kappa shape index (κ1) is 13.6. The monoisotopic (exact) mass is 255 g/mol. The van der Waals surface area contributed by atoms with Crippen LogP contribution in [0.1, 0.15) is 22.3 Å². The fourth-order valence-corrected chi connectivity index (χ4v) is 2.09. The molecule has 0 heterocycles. The molecule has 2 rings (SSSR count). The molecule has 0 aliphatic carbocycles. The Morgan fingerprint density at radius 2 is 1.58 bits per heavy atom. The minimum absolute atomic E-state index is 0.818. The molecule has 0 amide bonds. The van der Waals surface area contributed by atoms with Crippen molar-refractivity contribution >= 4 is 0 Å². The Bertz CT molecular complexity index is 531. The van der Waals surface area contributed by atoms with E-state index in [1.54, 1.807) is 7.11 Å². The third kappa shape index (κ3) is 3.83. The lowest BCUT2D eigenvalue weighted by Gasteiger charge is -2.11. The van der Waals surface area contributed by atoms with Crippen LogP contribution in [-0.4, -0.2) is 7.11 Å². The van der Waals surface area contributed by atoms with Gasteiger partial charge in [-0.3, -0.25) is 0 Å². The van der Waals surface area contributed by atoms with Gasteiger partial charge in [0.05, 0.1) is 7.11 Å². The molecule has 0 saturated carbocycles. The van der Waals surface area contributed by atoms with Gasteiger partial charge in [0.15, 0.2) is 0 Å². The zero-order chi connectivity index (χ0) is 13.7. The smallest absolute Gasteiger partial charge is 0.123 e. The summed E-state index contributed by atoms with van der Waals surface area (Å²) >= 11 is 0. The van der Waals surface area contributed by atoms with Gasteiger partial charge in [0.1, 0.15) is 5.75 Å². The molecule has 1 N–H and O–H groups in total. The third-order valence-corrected chi connectivity index (χ3v) is 3.20. The first-order valence-corrected chi connectivity index (χ1v) is 6.59. The van der Waals surface area contributed by atoms with Crippen LogP contribution in [0, 0.1) is 13.8 Å². The normalized spacial score (nSPS) is 10.5. The lowest BCUT2D eigenvalue weighted by molar-refractivity contribution is 0.407. The maximum absolute atomic E-state index is 5.38. The molecule has 0 atom stereocenters. The Morgan fingerprint density at radius 1 is 0.895 bits per heavy atom. The molecule has 2 nitrogen and oxygen atoms in total. The van der Waals surface area contributed by atoms with Crippen molar-refractivity contribution in [1.82, 2.24) is 5.32 Å². The van der Waals surface area contributed by atoms with Gasteiger partial charge in [-0.05, 0) is 25.5 Å². The van der Waals surface area contributed by atoms with Crippen molar-refractivity contribution in [1.29, 1.82) is 0 Å². The third-order valence-electron chi connectivity index (χ3n) is 3.20. The summed E-state index contributed by atoms with van der Waals surface area (Å²) < 4.78 is 5.38. The average molecular weight is 255 g/mol. The topological polar surface area (TPSA) is 21.3 Å². The van der Waals surface area contributed by atoms with Crippen LogP contribution < -0.4 is 10.1 Å². The first-order chi connectivity index (χ1) is 9.19. The molecule has 0 radical (unpaired) electrons. The number of nitrogens with one attached hydrogen (secondary N) is 1. The summed E-state index contributed by atoms with van der Waals surface area (Å²) in [7, 11) is 1.72. The molecule has 0 bridgehead atoms. The van der Waals surface area contributed by atoms with E-state index in [-0.39, 0.29) is 0 Å². The molecule has 2 aromatic rings. The van der Waals surface area contributed by atoms with E-state index in [2.05, 4.69) is 55.6 Å². The van der Waals surface area contributed by atoms with E-state index in [1.165, 1.54) is 22.3 Å². The van der Waals surface area contributed by atoms with Gasteiger partial charge >= 0.3 is 0 Å². The molecule has 0 aromatic heterocycles. The zero-order valence-electron chi connectivity index (χ0n) is 11.9. The predicted molar refractivity (Wildman–Crippen MR) is 79.5 cm³/mol. The standard InChI is InChI=1S/C17H21NO/c1-13-4-7-15(8-5-13)11-18-12-16-10-14(2)6-9-17(16)19-3/h4-10,18H,11-12H2,1-3H3. The molecular formula is C17H21NO. The summed E-state index contributed by atoms with van der Waals surface area (Å²) in [5.74, 6) is 0.946. The van der Waals surface area contributed by atoms with E-state index in [1.807, 2.05) is 6.07 Å². The summed E-state index contributed by atoms with van der Waals surface area (Å²) in [5, 5.41) is 3.46. The molecule has 0 unspecified atom stereocenters. The fourth-order valence-electron chi connectivity index (χ4n) is 2.09. The van der Waals surface area contributed by atoms with Crippen molar-refractivity contribution in [2.24, 2.45) is 0 Å². The van der Waals surface area contributed by atoms with Crippen LogP contribution in [0.5, 0.6) is 5.75 Å². The summed E-state index contributed by atoms with van der Waals surface area (Å²) in [6.45, 7) is 5.90. The van der Waals surface area contributed by atoms with E-state index >= 15 is 0 Å². The molecule has 0 aliphatic rings. The lowest BCUT2D eigenvalue weighted by atomic mass is 10.1. The Kier molecular flexibility index (Phi) is 4.58. The molecule has 0 fully saturated rings. The average Bonchev–Trinajstić information content (AvgIpc) is 2.41. The second-order valence-corrected chi connectivity index (χ2v) is 4.90. The molecule has 2 heteroatoms. The summed E-state index contributed by atoms with van der Waals surface area (Å²) in [6, 6.07) is 14.9. The number of ether oxygens (including phenoxy) is 1. The van der Waals surface area contributed by atoms with Crippen LogP contribution in [0.3, 0.4) is 0 Å². The van der Waals surface area contributed by atoms with Crippen LogP contribution >= 0.6 is 0 Å². The quantitative estimate of drug-likeness (QED) is 0.881. The molecule has 0 aliphatic heterocycles. The van der Waals surface area contributed by atoms with Crippen LogP contribution in [0.25, 0.3) is 0 Å². The van der Waals surface area contributed by atoms with Gasteiger partial charge in [0, 0.05) is 18.7 Å². The van der Waals surface area contributed by atoms with Gasteiger partial charge in [-0.1, -0.05) is 47.5 Å². The van der Waals surface area contributed by atoms with Crippen LogP contribution in [0.2, 0.25) is 0 Å². The number of hydrogen-bond donors (Lipinski definition) is 1. The highest BCUT2D eigenvalue weighted by atomic mass is 16.5. The zero-order valence-corrected chi connectivity index (χ0v) is 11.9. The molecule has 2 aromatic carbocycles. The Labute approximate surface area is 115 Å². The van der Waals surface area contributed by atoms with Gasteiger partial charge in [0.25, 0.3) is 0 Å². The van der Waals surface area contributed by atoms with E-state index in [0.717, 1.165) is 18.8 Å². The molecular weight excluding hydrogens is 234 g/mol. The molecule has 100 valence electrons. The van der Waals surface area contributed by atoms with Gasteiger partial charge in [-0.2, -0.15) is 0 Å². The first-order valence-electron chi connectivity index (χ1n) is 6.59. The van der Waals surface area contributed by atoms with Gasteiger partial charge < -0.3 is 10.1 Å². The molecule has 0 spiro atoms. The minimum atomic E-state index is 0.818. The van der Waals surface area contributed by atoms with E-state index in [4.69, 9.17) is 4.74 Å². The molecule has 19 heavy (non-hydrogen) atoms. The predicted octanol–water partition coefficient (Wildman–Crippen LogP) is 3.60. The maximum atomic E-state index is 5.38. The maximum Gasteiger partial charge on any atom is 0.123 e. The Balaban J connectivity index is 1.95. The summed E-state index contributed by atoms with van der Waals surface area (Å²) in [5.41, 5.74) is 5.06. The highest BCUT2D eigenvalue weighted by Gasteiger charge is 2.02. The van der Waals surface area contributed by atoms with E-state index in [0.29, 0.717) is 0 Å². The van der Waals surface area contributed by atoms with Gasteiger partial charge in [0.2, 0.25) is 0 Å². The van der Waals surface area contributed by atoms with E-state index < -0.39 is 0 Å². The Morgan fingerprint density at radius 3 is 2.26 bits per heavy atom. The number of hydrogen-bond acceptors (Lipinski definition) is 2. The van der Waals surface area contributed by atoms with Crippen molar-refractivity contribution in [3.63, 3.8) is 0 Å². The lowest BCUT2D eigenvalue weighted by Crippen LogP contribution is -2.13. The van der Waals surface area contributed by atoms with Crippen LogP contribution in [0.4, 0.5) is 0 Å². The van der Waals surface area contributed by atoms with Crippen molar-refractivity contribution in [3.05, 3.63) is 64.7 Å². The van der Waals surface area contributed by atoms with Crippen molar-refractivity contribution in [2.45, 2.75) is 26.9 Å². The highest BCUT2D eigenvalue weighted by Crippen LogP contribution is 2.19. The summed E-state index contributed by atoms with van der Waals surface area (Å²) in [4.78, 5) is 0. The summed E-state index contributed by atoms with van der Waals surface area (Å²) in [6.07, 6.45) is 0. The van der Waals surface area contributed by atoms with Crippen molar-refractivity contribution in [2.75, 3.05) is 7.11 Å². The van der Waals surface area contributed by atoms with Gasteiger partial charge in [-0.15, -0.1) is 0 Å². The second-order valence-electron chi connectivity index (χ2n) is 4.90. The Hall–Kier alpha value is -1.80. The number of aryl methyl sites for hydroxylation is 2. The van der Waals surface area contributed by atoms with Gasteiger partial charge in [-0.25, -0.2) is 0 Å². The highest BCUT2D eigenvalue weighted by molar-refractivity contribution is 5.36. The van der Waals surface area contributed by atoms with Crippen LogP contribution in [0.15, 0.2) is 42.5 Å². The van der Waals surface area contributed by atoms with Crippen LogP contribution in [-0.2, 0) is 13.1 Å². The van der Waals surface area contributed by atoms with Crippen molar-refractivity contribution < 1.29 is 4.74 Å². The largest absolute Gasteiger partial charge is 0.496 e.